The molecular weight excluding hydrogens is 687 g/mol. The Morgan fingerprint density at radius 1 is 0.411 bits per heavy atom. The summed E-state index contributed by atoms with van der Waals surface area (Å²) in [6, 6.07) is -0.617. The molecule has 0 aliphatic rings. The summed E-state index contributed by atoms with van der Waals surface area (Å²) in [5, 5.41) is 23.1. The maximum atomic E-state index is 12.4. The van der Waals surface area contributed by atoms with Gasteiger partial charge in [0.2, 0.25) is 5.91 Å². The first kappa shape index (κ1) is 55.1. The van der Waals surface area contributed by atoms with Crippen LogP contribution in [0.2, 0.25) is 0 Å². The van der Waals surface area contributed by atoms with E-state index in [1.807, 2.05) is 6.08 Å². The first-order chi connectivity index (χ1) is 27.7. The molecule has 0 aromatic rings. The van der Waals surface area contributed by atoms with E-state index in [1.54, 1.807) is 6.08 Å². The van der Waals surface area contributed by atoms with Crippen molar-refractivity contribution in [2.45, 2.75) is 309 Å². The molecule has 0 saturated carbocycles. The highest BCUT2D eigenvalue weighted by Crippen LogP contribution is 2.17. The second-order valence-electron chi connectivity index (χ2n) is 18.0. The highest BCUT2D eigenvalue weighted by Gasteiger charge is 2.18. The van der Waals surface area contributed by atoms with E-state index in [2.05, 4.69) is 19.2 Å². The molecule has 0 unspecified atom stereocenters. The van der Waals surface area contributed by atoms with Gasteiger partial charge in [-0.1, -0.05) is 283 Å². The van der Waals surface area contributed by atoms with Crippen LogP contribution in [0.15, 0.2) is 12.2 Å². The average molecular weight is 790 g/mol. The van der Waals surface area contributed by atoms with Gasteiger partial charge in [0.1, 0.15) is 0 Å². The molecule has 1 amide bonds. The van der Waals surface area contributed by atoms with Gasteiger partial charge < -0.3 is 15.5 Å². The largest absolute Gasteiger partial charge is 0.394 e. The fraction of sp³-hybridized carbons (Fsp3) is 0.942. The molecular formula is C52H103NO3. The highest BCUT2D eigenvalue weighted by molar-refractivity contribution is 5.76. The molecule has 56 heavy (non-hydrogen) atoms. The maximum Gasteiger partial charge on any atom is 0.220 e. The van der Waals surface area contributed by atoms with Crippen LogP contribution < -0.4 is 5.32 Å². The van der Waals surface area contributed by atoms with E-state index in [0.717, 1.165) is 25.7 Å². The molecule has 0 aliphatic carbocycles. The van der Waals surface area contributed by atoms with Gasteiger partial charge in [-0.3, -0.25) is 4.79 Å². The van der Waals surface area contributed by atoms with Crippen LogP contribution in [-0.2, 0) is 4.79 Å². The minimum atomic E-state index is -0.834. The second kappa shape index (κ2) is 48.5. The summed E-state index contributed by atoms with van der Waals surface area (Å²) in [6.07, 6.45) is 62.2. The summed E-state index contributed by atoms with van der Waals surface area (Å²) in [5.41, 5.74) is 0. The second-order valence-corrected chi connectivity index (χ2v) is 18.0. The third-order valence-electron chi connectivity index (χ3n) is 12.3. The summed E-state index contributed by atoms with van der Waals surface area (Å²) in [5.74, 6) is -0.0574. The maximum absolute atomic E-state index is 12.4. The number of unbranched alkanes of at least 4 members (excludes halogenated alkanes) is 41. The van der Waals surface area contributed by atoms with Crippen molar-refractivity contribution >= 4 is 5.91 Å². The quantitative estimate of drug-likeness (QED) is 0.0425. The van der Waals surface area contributed by atoms with Gasteiger partial charge in [0, 0.05) is 6.42 Å². The molecule has 0 fully saturated rings. The minimum absolute atomic E-state index is 0.0574. The van der Waals surface area contributed by atoms with Crippen LogP contribution >= 0.6 is 0 Å². The molecule has 4 nitrogen and oxygen atoms in total. The lowest BCUT2D eigenvalue weighted by atomic mass is 10.0. The van der Waals surface area contributed by atoms with E-state index in [1.165, 1.54) is 250 Å². The zero-order valence-corrected chi connectivity index (χ0v) is 38.4. The van der Waals surface area contributed by atoms with Crippen LogP contribution in [0.3, 0.4) is 0 Å². The molecule has 2 atom stereocenters. The molecule has 0 radical (unpaired) electrons. The number of rotatable bonds is 48. The Hall–Kier alpha value is -0.870. The molecule has 0 aliphatic heterocycles. The number of hydrogen-bond acceptors (Lipinski definition) is 3. The van der Waals surface area contributed by atoms with E-state index >= 15 is 0 Å². The van der Waals surface area contributed by atoms with Crippen molar-refractivity contribution in [1.29, 1.82) is 0 Å². The van der Waals surface area contributed by atoms with Crippen LogP contribution in [0.5, 0.6) is 0 Å². The van der Waals surface area contributed by atoms with Crippen LogP contribution in [-0.4, -0.2) is 34.9 Å². The Balaban J connectivity index is 3.42. The Morgan fingerprint density at radius 3 is 0.929 bits per heavy atom. The monoisotopic (exact) mass is 790 g/mol. The molecule has 0 saturated heterocycles. The molecule has 0 rings (SSSR count). The standard InChI is InChI=1S/C52H103NO3/c1-3-5-7-9-11-13-15-17-19-20-21-22-23-24-25-26-27-28-29-30-31-32-34-36-38-40-42-44-46-48-52(56)53-50(49-54)51(55)47-45-43-41-39-37-35-33-18-16-14-12-10-8-6-4-2/h45,47,50-51,54-55H,3-44,46,48-49H2,1-2H3,(H,53,56)/b47-45+/t50-,51+/m0/s1. The van der Waals surface area contributed by atoms with Crippen molar-refractivity contribution in [3.63, 3.8) is 0 Å². The smallest absolute Gasteiger partial charge is 0.220 e. The molecule has 0 aromatic heterocycles. The predicted molar refractivity (Wildman–Crippen MR) is 249 cm³/mol. The van der Waals surface area contributed by atoms with Gasteiger partial charge in [0.25, 0.3) is 0 Å². The number of carbonyl (C=O) groups is 1. The van der Waals surface area contributed by atoms with Gasteiger partial charge in [0.05, 0.1) is 18.8 Å². The molecule has 0 aromatic carbocycles. The molecule has 3 N–H and O–H groups in total. The number of aliphatic hydroxyl groups excluding tert-OH is 2. The summed E-state index contributed by atoms with van der Waals surface area (Å²) in [4.78, 5) is 12.4. The van der Waals surface area contributed by atoms with Crippen molar-refractivity contribution in [2.75, 3.05) is 6.61 Å². The Morgan fingerprint density at radius 2 is 0.661 bits per heavy atom. The van der Waals surface area contributed by atoms with E-state index < -0.39 is 12.1 Å². The van der Waals surface area contributed by atoms with Gasteiger partial charge >= 0.3 is 0 Å². The first-order valence-electron chi connectivity index (χ1n) is 25.9. The summed E-state index contributed by atoms with van der Waals surface area (Å²) in [6.45, 7) is 4.34. The van der Waals surface area contributed by atoms with Crippen LogP contribution in [0.25, 0.3) is 0 Å². The molecule has 4 heteroatoms. The zero-order valence-electron chi connectivity index (χ0n) is 38.4. The van der Waals surface area contributed by atoms with Crippen LogP contribution in [0, 0.1) is 0 Å². The van der Waals surface area contributed by atoms with Gasteiger partial charge in [-0.25, -0.2) is 0 Å². The van der Waals surface area contributed by atoms with E-state index in [0.29, 0.717) is 6.42 Å². The number of nitrogens with one attached hydrogen (secondary N) is 1. The van der Waals surface area contributed by atoms with Crippen molar-refractivity contribution < 1.29 is 15.0 Å². The summed E-state index contributed by atoms with van der Waals surface area (Å²) >= 11 is 0. The van der Waals surface area contributed by atoms with Crippen molar-refractivity contribution in [3.8, 4) is 0 Å². The van der Waals surface area contributed by atoms with Crippen molar-refractivity contribution in [3.05, 3.63) is 12.2 Å². The topological polar surface area (TPSA) is 69.6 Å². The Labute approximate surface area is 352 Å². The van der Waals surface area contributed by atoms with Gasteiger partial charge in [-0.2, -0.15) is 0 Å². The Kier molecular flexibility index (Phi) is 47.7. The molecule has 334 valence electrons. The fourth-order valence-corrected chi connectivity index (χ4v) is 8.30. The fourth-order valence-electron chi connectivity index (χ4n) is 8.30. The minimum Gasteiger partial charge on any atom is -0.394 e. The van der Waals surface area contributed by atoms with Crippen molar-refractivity contribution in [2.24, 2.45) is 0 Å². The molecule has 0 bridgehead atoms. The van der Waals surface area contributed by atoms with Crippen LogP contribution in [0.1, 0.15) is 296 Å². The van der Waals surface area contributed by atoms with E-state index in [-0.39, 0.29) is 12.5 Å². The number of allylic oxidation sites excluding steroid dienone is 1. The molecule has 0 heterocycles. The van der Waals surface area contributed by atoms with E-state index in [9.17, 15) is 15.0 Å². The van der Waals surface area contributed by atoms with Crippen molar-refractivity contribution in [1.82, 2.24) is 5.32 Å². The lowest BCUT2D eigenvalue weighted by Crippen LogP contribution is -2.45. The van der Waals surface area contributed by atoms with Crippen LogP contribution in [0.4, 0.5) is 0 Å². The predicted octanol–water partition coefficient (Wildman–Crippen LogP) is 16.6. The summed E-state index contributed by atoms with van der Waals surface area (Å²) in [7, 11) is 0. The third-order valence-corrected chi connectivity index (χ3v) is 12.3. The van der Waals surface area contributed by atoms with Gasteiger partial charge in [-0.15, -0.1) is 0 Å². The van der Waals surface area contributed by atoms with E-state index in [4.69, 9.17) is 0 Å². The lowest BCUT2D eigenvalue weighted by Gasteiger charge is -2.20. The number of hydrogen-bond donors (Lipinski definition) is 3. The number of amides is 1. The zero-order chi connectivity index (χ0) is 40.7. The normalized spacial score (nSPS) is 12.9. The molecule has 0 spiro atoms. The van der Waals surface area contributed by atoms with Gasteiger partial charge in [-0.05, 0) is 19.3 Å². The number of carbonyl (C=O) groups excluding carboxylic acids is 1. The first-order valence-corrected chi connectivity index (χ1v) is 25.9. The summed E-state index contributed by atoms with van der Waals surface area (Å²) < 4.78 is 0. The lowest BCUT2D eigenvalue weighted by molar-refractivity contribution is -0.123. The Bertz CT molecular complexity index is 769. The third kappa shape index (κ3) is 44.2. The van der Waals surface area contributed by atoms with Gasteiger partial charge in [0.15, 0.2) is 0 Å². The number of aliphatic hydroxyl groups is 2. The SMILES string of the molecule is CCCCCCCCCCCCCCC/C=C/[C@@H](O)[C@H](CO)NC(=O)CCCCCCCCCCCCCCCCCCCCCCCCCCCCCCC. The average Bonchev–Trinajstić information content (AvgIpc) is 3.20. The highest BCUT2D eigenvalue weighted by atomic mass is 16.3.